The number of aromatic carboxylic acids is 2. The van der Waals surface area contributed by atoms with Gasteiger partial charge in [0.15, 0.2) is 10.9 Å². The number of aromatic nitrogens is 6. The second kappa shape index (κ2) is 19.7. The summed E-state index contributed by atoms with van der Waals surface area (Å²) in [4.78, 5) is 69.8. The molecule has 0 saturated carbocycles. The number of nitrogens with two attached hydrogens (primary N) is 5. The van der Waals surface area contributed by atoms with E-state index in [1.165, 1.54) is 48.5 Å². The van der Waals surface area contributed by atoms with Crippen LogP contribution in [-0.4, -0.2) is 62.3 Å². The Kier molecular flexibility index (Phi) is 13.2. The van der Waals surface area contributed by atoms with Crippen LogP contribution in [0, 0.1) is 0 Å². The van der Waals surface area contributed by atoms with E-state index in [-0.39, 0.29) is 92.9 Å². The van der Waals surface area contributed by atoms with Crippen molar-refractivity contribution in [2.24, 2.45) is 5.73 Å². The number of nitrogen functional groups attached to an aromatic ring is 4. The summed E-state index contributed by atoms with van der Waals surface area (Å²) in [6.07, 6.45) is 0. The van der Waals surface area contributed by atoms with Crippen LogP contribution in [0.5, 0.6) is 11.5 Å². The average molecular weight is 977 g/mol. The van der Waals surface area contributed by atoms with Crippen molar-refractivity contribution < 1.29 is 38.8 Å². The molecule has 0 unspecified atom stereocenters. The summed E-state index contributed by atoms with van der Waals surface area (Å²) >= 11 is 5.33. The van der Waals surface area contributed by atoms with Crippen LogP contribution in [0.3, 0.4) is 0 Å². The van der Waals surface area contributed by atoms with Gasteiger partial charge in [-0.25, -0.2) is 9.59 Å². The molecule has 15 N–H and O–H groups in total. The molecule has 71 heavy (non-hydrogen) atoms. The van der Waals surface area contributed by atoms with Crippen LogP contribution in [0.15, 0.2) is 128 Å². The molecule has 0 bridgehead atoms. The first-order chi connectivity index (χ1) is 34.0. The fraction of sp³-hybridized carbons (Fsp3) is 0.0417. The zero-order chi connectivity index (χ0) is 50.7. The van der Waals surface area contributed by atoms with E-state index in [4.69, 9.17) is 49.1 Å². The highest BCUT2D eigenvalue weighted by Gasteiger charge is 2.25. The number of carbonyl (C=O) groups is 2. The van der Waals surface area contributed by atoms with Crippen LogP contribution in [0.25, 0.3) is 66.8 Å². The third-order valence-corrected chi connectivity index (χ3v) is 10.8. The molecule has 4 heterocycles. The topological polar surface area (TPSA) is 395 Å². The number of hydrogen-bond acceptors (Lipinski definition) is 20. The number of rotatable bonds is 8. The summed E-state index contributed by atoms with van der Waals surface area (Å²) < 4.78 is 12.0. The van der Waals surface area contributed by atoms with Gasteiger partial charge in [-0.2, -0.15) is 29.9 Å². The summed E-state index contributed by atoms with van der Waals surface area (Å²) in [5.41, 5.74) is 31.5. The zero-order valence-electron chi connectivity index (χ0n) is 36.5. The largest absolute Gasteiger partial charge is 0.507 e. The summed E-state index contributed by atoms with van der Waals surface area (Å²) in [7, 11) is 0. The second-order valence-corrected chi connectivity index (χ2v) is 15.4. The Morgan fingerprint density at radius 2 is 0.972 bits per heavy atom. The van der Waals surface area contributed by atoms with Crippen molar-refractivity contribution in [1.82, 2.24) is 29.9 Å². The van der Waals surface area contributed by atoms with Crippen LogP contribution in [0.2, 0.25) is 5.28 Å². The number of fused-ring (bicyclic) bond motifs is 4. The Morgan fingerprint density at radius 3 is 1.41 bits per heavy atom. The van der Waals surface area contributed by atoms with Crippen LogP contribution >= 0.6 is 11.6 Å². The third-order valence-electron chi connectivity index (χ3n) is 10.7. The van der Waals surface area contributed by atoms with Crippen LogP contribution in [-0.2, 0) is 13.1 Å². The van der Waals surface area contributed by atoms with E-state index < -0.39 is 11.9 Å². The molecule has 0 spiro atoms. The lowest BCUT2D eigenvalue weighted by atomic mass is 9.90. The number of aromatic hydroxyl groups is 2. The van der Waals surface area contributed by atoms with Crippen molar-refractivity contribution in [3.8, 4) is 56.4 Å². The van der Waals surface area contributed by atoms with Gasteiger partial charge in [0.1, 0.15) is 34.2 Å². The lowest BCUT2D eigenvalue weighted by Crippen LogP contribution is -2.10. The molecule has 0 atom stereocenters. The number of benzene rings is 6. The maximum Gasteiger partial charge on any atom is 0.336 e. The van der Waals surface area contributed by atoms with Gasteiger partial charge in [0.05, 0.1) is 28.8 Å². The SMILES string of the molecule is NCc1c(O)ccc2c(-c3ccccc3C(=O)O)c3ccc(=O)cc-3oc12.Nc1nc(N)nc(Cl)n1.Nc1nc(N)nc(NCc2c(O)ccc3c(-c4ccccc4C(=O)O)c4ccc(=O)cc-4oc23)n1. The van der Waals surface area contributed by atoms with Crippen LogP contribution < -0.4 is 44.8 Å². The molecular formula is C48H37ClN12O10. The minimum atomic E-state index is -1.10. The summed E-state index contributed by atoms with van der Waals surface area (Å²) in [5.74, 6) is -1.75. The molecule has 2 aromatic heterocycles. The molecule has 0 saturated heterocycles. The molecule has 23 heteroatoms. The number of phenols is 2. The molecular weight excluding hydrogens is 940 g/mol. The van der Waals surface area contributed by atoms with Gasteiger partial charge < -0.3 is 63.2 Å². The number of hydrogen-bond donors (Lipinski definition) is 10. The number of halogens is 1. The van der Waals surface area contributed by atoms with Crippen LogP contribution in [0.1, 0.15) is 31.8 Å². The van der Waals surface area contributed by atoms with Gasteiger partial charge in [-0.05, 0) is 83.4 Å². The fourth-order valence-corrected chi connectivity index (χ4v) is 7.89. The molecule has 0 radical (unpaired) electrons. The molecule has 2 aliphatic heterocycles. The lowest BCUT2D eigenvalue weighted by Gasteiger charge is -2.18. The van der Waals surface area contributed by atoms with Crippen molar-refractivity contribution in [1.29, 1.82) is 0 Å². The fourth-order valence-electron chi connectivity index (χ4n) is 7.72. The summed E-state index contributed by atoms with van der Waals surface area (Å²) in [6, 6.07) is 28.1. The number of nitrogens with one attached hydrogen (secondary N) is 1. The molecule has 2 aliphatic carbocycles. The predicted molar refractivity (Wildman–Crippen MR) is 264 cm³/mol. The third kappa shape index (κ3) is 9.90. The molecule has 10 rings (SSSR count). The van der Waals surface area contributed by atoms with E-state index in [0.29, 0.717) is 66.6 Å². The molecule has 22 nitrogen and oxygen atoms in total. The number of phenolic OH excluding ortho intramolecular Hbond substituents is 2. The van der Waals surface area contributed by atoms with Crippen LogP contribution in [0.4, 0.5) is 29.7 Å². The average Bonchev–Trinajstić information content (AvgIpc) is 3.32. The van der Waals surface area contributed by atoms with E-state index in [2.05, 4.69) is 35.2 Å². The highest BCUT2D eigenvalue weighted by Crippen LogP contribution is 2.45. The maximum atomic E-state index is 12.1. The minimum Gasteiger partial charge on any atom is -0.507 e. The van der Waals surface area contributed by atoms with Gasteiger partial charge in [-0.3, -0.25) is 9.59 Å². The van der Waals surface area contributed by atoms with Gasteiger partial charge in [0.25, 0.3) is 0 Å². The first-order valence-electron chi connectivity index (χ1n) is 20.7. The Hall–Kier alpha value is -9.93. The Morgan fingerprint density at radius 1 is 0.549 bits per heavy atom. The van der Waals surface area contributed by atoms with Gasteiger partial charge in [-0.1, -0.05) is 36.4 Å². The molecule has 356 valence electrons. The van der Waals surface area contributed by atoms with E-state index in [9.17, 15) is 39.6 Å². The van der Waals surface area contributed by atoms with Gasteiger partial charge in [0.2, 0.25) is 35.0 Å². The van der Waals surface area contributed by atoms with Crippen molar-refractivity contribution in [3.05, 3.63) is 157 Å². The molecule has 4 aliphatic rings. The summed E-state index contributed by atoms with van der Waals surface area (Å²) in [5, 5.41) is 44.3. The number of carboxylic acid groups (broad SMARTS) is 2. The Balaban J connectivity index is 0.000000166. The highest BCUT2D eigenvalue weighted by molar-refractivity contribution is 6.28. The van der Waals surface area contributed by atoms with Crippen molar-refractivity contribution >= 4 is 75.2 Å². The van der Waals surface area contributed by atoms with Gasteiger partial charge >= 0.3 is 11.9 Å². The van der Waals surface area contributed by atoms with E-state index in [1.54, 1.807) is 60.7 Å². The number of nitrogens with zero attached hydrogens (tertiary/aromatic N) is 6. The lowest BCUT2D eigenvalue weighted by molar-refractivity contribution is 0.0687. The quantitative estimate of drug-likeness (QED) is 0.0775. The minimum absolute atomic E-state index is 0.00183. The van der Waals surface area contributed by atoms with Crippen molar-refractivity contribution in [2.45, 2.75) is 13.1 Å². The van der Waals surface area contributed by atoms with Gasteiger partial charge in [-0.15, -0.1) is 0 Å². The Bertz CT molecular complexity index is 3710. The normalized spacial score (nSPS) is 10.9. The van der Waals surface area contributed by atoms with Crippen molar-refractivity contribution in [2.75, 3.05) is 28.3 Å². The first kappa shape index (κ1) is 47.6. The highest BCUT2D eigenvalue weighted by atomic mass is 35.5. The van der Waals surface area contributed by atoms with E-state index in [0.717, 1.165) is 0 Å². The molecule has 6 aromatic rings. The zero-order valence-corrected chi connectivity index (χ0v) is 37.2. The molecule has 4 aromatic carbocycles. The first-order valence-corrected chi connectivity index (χ1v) is 21.1. The smallest absolute Gasteiger partial charge is 0.336 e. The Labute approximate surface area is 403 Å². The summed E-state index contributed by atoms with van der Waals surface area (Å²) in [6.45, 7) is 0.0212. The number of carboxylic acids is 2. The standard InChI is InChI=1S/C24H18N6O5.C21H15NO5.C3H4ClN5/c25-22-28-23(26)30-24(29-22)27-10-16-17(32)8-7-15-19(12-3-1-2-4-13(12)21(33)34)14-6-5-11(31)9-18(14)35-20(15)16;22-10-16-17(24)8-7-15-19(12-3-1-2-4-13(12)21(25)26)14-6-5-11(23)9-18(14)27-20(15)16;4-1-7-2(5)9-3(6)8-1/h1-9,32H,10H2,(H,33,34)(H5,25,26,27,28,29,30);1-9,24H,10,22H2,(H,25,26);(H4,5,6,7,8,9). The maximum absolute atomic E-state index is 12.1. The van der Waals surface area contributed by atoms with Gasteiger partial charge in [0, 0.05) is 51.7 Å². The van der Waals surface area contributed by atoms with Crippen molar-refractivity contribution in [3.63, 3.8) is 0 Å². The van der Waals surface area contributed by atoms with E-state index >= 15 is 0 Å². The predicted octanol–water partition coefficient (Wildman–Crippen LogP) is 6.05. The monoisotopic (exact) mass is 976 g/mol. The number of anilines is 5. The molecule has 0 amide bonds. The second-order valence-electron chi connectivity index (χ2n) is 15.1. The molecule has 0 fully saturated rings. The van der Waals surface area contributed by atoms with E-state index in [1.807, 2.05) is 0 Å².